The SMILES string of the molecule is Cc1nc(C)c(CC(=O)Nc2ccccc2OC(C)C)o1. The number of hydrogen-bond donors (Lipinski definition) is 1. The average molecular weight is 288 g/mol. The monoisotopic (exact) mass is 288 g/mol. The second-order valence-electron chi connectivity index (χ2n) is 5.13. The molecule has 0 fully saturated rings. The van der Waals surface area contributed by atoms with Crippen molar-refractivity contribution in [1.82, 2.24) is 4.98 Å². The van der Waals surface area contributed by atoms with E-state index in [0.29, 0.717) is 23.1 Å². The summed E-state index contributed by atoms with van der Waals surface area (Å²) in [5.74, 6) is 1.66. The van der Waals surface area contributed by atoms with Crippen molar-refractivity contribution < 1.29 is 13.9 Å². The number of aromatic nitrogens is 1. The topological polar surface area (TPSA) is 64.4 Å². The van der Waals surface area contributed by atoms with Gasteiger partial charge in [0.1, 0.15) is 11.5 Å². The molecule has 1 aromatic carbocycles. The van der Waals surface area contributed by atoms with Crippen LogP contribution in [0.2, 0.25) is 0 Å². The molecule has 112 valence electrons. The zero-order valence-corrected chi connectivity index (χ0v) is 12.8. The van der Waals surface area contributed by atoms with Crippen molar-refractivity contribution in [2.75, 3.05) is 5.32 Å². The standard InChI is InChI=1S/C16H20N2O3/c1-10(2)20-14-8-6-5-7-13(14)18-16(19)9-15-11(3)17-12(4)21-15/h5-8,10H,9H2,1-4H3,(H,18,19). The van der Waals surface area contributed by atoms with Crippen LogP contribution < -0.4 is 10.1 Å². The largest absolute Gasteiger partial charge is 0.489 e. The van der Waals surface area contributed by atoms with Gasteiger partial charge >= 0.3 is 0 Å². The Labute approximate surface area is 124 Å². The number of aryl methyl sites for hydroxylation is 2. The number of rotatable bonds is 5. The summed E-state index contributed by atoms with van der Waals surface area (Å²) < 4.78 is 11.1. The number of ether oxygens (including phenoxy) is 1. The highest BCUT2D eigenvalue weighted by atomic mass is 16.5. The van der Waals surface area contributed by atoms with Crippen LogP contribution in [0.25, 0.3) is 0 Å². The van der Waals surface area contributed by atoms with E-state index in [4.69, 9.17) is 9.15 Å². The molecule has 5 heteroatoms. The van der Waals surface area contributed by atoms with E-state index in [-0.39, 0.29) is 18.4 Å². The van der Waals surface area contributed by atoms with Gasteiger partial charge in [-0.1, -0.05) is 12.1 Å². The number of nitrogens with zero attached hydrogens (tertiary/aromatic N) is 1. The minimum atomic E-state index is -0.158. The predicted molar refractivity (Wildman–Crippen MR) is 80.5 cm³/mol. The molecule has 1 aromatic heterocycles. The lowest BCUT2D eigenvalue weighted by Crippen LogP contribution is -2.16. The van der Waals surface area contributed by atoms with Crippen molar-refractivity contribution >= 4 is 11.6 Å². The molecule has 21 heavy (non-hydrogen) atoms. The van der Waals surface area contributed by atoms with E-state index in [0.717, 1.165) is 5.69 Å². The van der Waals surface area contributed by atoms with Gasteiger partial charge < -0.3 is 14.5 Å². The van der Waals surface area contributed by atoms with Crippen molar-refractivity contribution in [3.8, 4) is 5.75 Å². The Morgan fingerprint density at radius 2 is 2.05 bits per heavy atom. The van der Waals surface area contributed by atoms with Crippen molar-refractivity contribution in [3.05, 3.63) is 41.6 Å². The molecule has 0 aliphatic heterocycles. The molecule has 1 heterocycles. The number of para-hydroxylation sites is 2. The van der Waals surface area contributed by atoms with Crippen molar-refractivity contribution in [2.45, 2.75) is 40.2 Å². The number of nitrogens with one attached hydrogen (secondary N) is 1. The van der Waals surface area contributed by atoms with E-state index >= 15 is 0 Å². The minimum Gasteiger partial charge on any atom is -0.489 e. The summed E-state index contributed by atoms with van der Waals surface area (Å²) in [5, 5.41) is 2.85. The number of carbonyl (C=O) groups is 1. The van der Waals surface area contributed by atoms with Gasteiger partial charge in [-0.05, 0) is 32.9 Å². The van der Waals surface area contributed by atoms with Crippen molar-refractivity contribution in [1.29, 1.82) is 0 Å². The number of oxazole rings is 1. The predicted octanol–water partition coefficient (Wildman–Crippen LogP) is 3.26. The highest BCUT2D eigenvalue weighted by Gasteiger charge is 2.14. The third kappa shape index (κ3) is 4.08. The van der Waals surface area contributed by atoms with Crippen LogP contribution in [0.4, 0.5) is 5.69 Å². The molecule has 2 rings (SSSR count). The van der Waals surface area contributed by atoms with Crippen molar-refractivity contribution in [3.63, 3.8) is 0 Å². The smallest absolute Gasteiger partial charge is 0.232 e. The quantitative estimate of drug-likeness (QED) is 0.917. The highest BCUT2D eigenvalue weighted by Crippen LogP contribution is 2.25. The fourth-order valence-electron chi connectivity index (χ4n) is 2.00. The third-order valence-electron chi connectivity index (χ3n) is 2.84. The van der Waals surface area contributed by atoms with Gasteiger partial charge in [-0.25, -0.2) is 4.98 Å². The van der Waals surface area contributed by atoms with E-state index in [2.05, 4.69) is 10.3 Å². The average Bonchev–Trinajstić information content (AvgIpc) is 2.69. The van der Waals surface area contributed by atoms with Gasteiger partial charge in [0.05, 0.1) is 23.9 Å². The van der Waals surface area contributed by atoms with Gasteiger partial charge in [-0.15, -0.1) is 0 Å². The number of anilines is 1. The highest BCUT2D eigenvalue weighted by molar-refractivity contribution is 5.93. The number of benzene rings is 1. The molecule has 2 aromatic rings. The van der Waals surface area contributed by atoms with Crippen LogP contribution in [0.5, 0.6) is 5.75 Å². The Balaban J connectivity index is 2.07. The molecule has 1 amide bonds. The fraction of sp³-hybridized carbons (Fsp3) is 0.375. The summed E-state index contributed by atoms with van der Waals surface area (Å²) in [7, 11) is 0. The second kappa shape index (κ2) is 6.43. The first-order valence-corrected chi connectivity index (χ1v) is 6.94. The molecular formula is C16H20N2O3. The first-order valence-electron chi connectivity index (χ1n) is 6.94. The lowest BCUT2D eigenvalue weighted by atomic mass is 10.2. The Kier molecular flexibility index (Phi) is 4.62. The van der Waals surface area contributed by atoms with Gasteiger partial charge in [0.2, 0.25) is 5.91 Å². The van der Waals surface area contributed by atoms with E-state index in [1.165, 1.54) is 0 Å². The maximum atomic E-state index is 12.1. The van der Waals surface area contributed by atoms with Gasteiger partial charge in [0, 0.05) is 6.92 Å². The molecule has 0 saturated carbocycles. The van der Waals surface area contributed by atoms with Crippen LogP contribution in [0.3, 0.4) is 0 Å². The minimum absolute atomic E-state index is 0.0437. The van der Waals surface area contributed by atoms with E-state index in [1.54, 1.807) is 6.92 Å². The van der Waals surface area contributed by atoms with Gasteiger partial charge in [-0.2, -0.15) is 0 Å². The van der Waals surface area contributed by atoms with Crippen LogP contribution in [0.15, 0.2) is 28.7 Å². The maximum absolute atomic E-state index is 12.1. The van der Waals surface area contributed by atoms with Crippen LogP contribution in [0, 0.1) is 13.8 Å². The number of carbonyl (C=O) groups excluding carboxylic acids is 1. The Morgan fingerprint density at radius 3 is 2.67 bits per heavy atom. The first-order chi connectivity index (χ1) is 9.95. The molecule has 0 radical (unpaired) electrons. The maximum Gasteiger partial charge on any atom is 0.232 e. The molecule has 0 bridgehead atoms. The second-order valence-corrected chi connectivity index (χ2v) is 5.13. The Morgan fingerprint density at radius 1 is 1.33 bits per heavy atom. The third-order valence-corrected chi connectivity index (χ3v) is 2.84. The van der Waals surface area contributed by atoms with Crippen LogP contribution in [0.1, 0.15) is 31.2 Å². The van der Waals surface area contributed by atoms with Crippen LogP contribution in [-0.2, 0) is 11.2 Å². The van der Waals surface area contributed by atoms with Gasteiger partial charge in [0.25, 0.3) is 0 Å². The summed E-state index contributed by atoms with van der Waals surface area (Å²) in [4.78, 5) is 16.3. The normalized spacial score (nSPS) is 10.7. The fourth-order valence-corrected chi connectivity index (χ4v) is 2.00. The molecule has 0 unspecified atom stereocenters. The summed E-state index contributed by atoms with van der Waals surface area (Å²) in [6, 6.07) is 7.37. The van der Waals surface area contributed by atoms with Crippen LogP contribution in [-0.4, -0.2) is 17.0 Å². The lowest BCUT2D eigenvalue weighted by Gasteiger charge is -2.14. The van der Waals surface area contributed by atoms with Gasteiger partial charge in [-0.3, -0.25) is 4.79 Å². The Bertz CT molecular complexity index is 632. The first kappa shape index (κ1) is 15.1. The molecule has 0 saturated heterocycles. The summed E-state index contributed by atoms with van der Waals surface area (Å²) in [6.45, 7) is 7.48. The zero-order chi connectivity index (χ0) is 15.4. The Hall–Kier alpha value is -2.30. The van der Waals surface area contributed by atoms with E-state index in [1.807, 2.05) is 45.0 Å². The molecule has 0 aliphatic carbocycles. The summed E-state index contributed by atoms with van der Waals surface area (Å²) in [5.41, 5.74) is 1.40. The summed E-state index contributed by atoms with van der Waals surface area (Å²) in [6.07, 6.45) is 0.199. The molecular weight excluding hydrogens is 268 g/mol. The molecule has 0 aliphatic rings. The van der Waals surface area contributed by atoms with Crippen molar-refractivity contribution in [2.24, 2.45) is 0 Å². The molecule has 1 N–H and O–H groups in total. The molecule has 5 nitrogen and oxygen atoms in total. The number of amides is 1. The zero-order valence-electron chi connectivity index (χ0n) is 12.8. The lowest BCUT2D eigenvalue weighted by molar-refractivity contribution is -0.115. The number of hydrogen-bond acceptors (Lipinski definition) is 4. The molecule has 0 atom stereocenters. The van der Waals surface area contributed by atoms with E-state index < -0.39 is 0 Å². The molecule has 0 spiro atoms. The van der Waals surface area contributed by atoms with Gasteiger partial charge in [0.15, 0.2) is 5.89 Å². The van der Waals surface area contributed by atoms with E-state index in [9.17, 15) is 4.79 Å². The summed E-state index contributed by atoms with van der Waals surface area (Å²) >= 11 is 0. The van der Waals surface area contributed by atoms with Crippen LogP contribution >= 0.6 is 0 Å².